The SMILES string of the molecule is CC(C)[C@@H]1CC[C@]2(NCC[C@H]([C@@H](C)O)N3CCS(=O)(=O)CC3)CC[C@]3(C)[C@H](CC[C@@H]4[C@@]5(C)CC[C@H](OC(=O)[C@@H]6C[C@H](C(=O)O)C6(C)C)C(C)(C)[C@@H]5CC[C@]43C)[C@@H]12. The van der Waals surface area contributed by atoms with Crippen molar-refractivity contribution in [2.45, 2.75) is 170 Å². The van der Waals surface area contributed by atoms with Crippen LogP contribution in [0.25, 0.3) is 0 Å². The molecule has 1 heterocycles. The Morgan fingerprint density at radius 1 is 0.804 bits per heavy atom. The van der Waals surface area contributed by atoms with Crippen LogP contribution in [0.2, 0.25) is 0 Å². The molecule has 6 saturated carbocycles. The Hall–Kier alpha value is -1.23. The molecule has 320 valence electrons. The molecule has 56 heavy (non-hydrogen) atoms. The van der Waals surface area contributed by atoms with Gasteiger partial charge in [0.05, 0.1) is 29.4 Å². The van der Waals surface area contributed by atoms with E-state index in [1.165, 1.54) is 44.9 Å². The van der Waals surface area contributed by atoms with Gasteiger partial charge in [0.25, 0.3) is 0 Å². The molecule has 7 fully saturated rings. The van der Waals surface area contributed by atoms with Crippen LogP contribution in [0.4, 0.5) is 0 Å². The average molecular weight is 803 g/mol. The minimum absolute atomic E-state index is 0.0357. The van der Waals surface area contributed by atoms with Crippen molar-refractivity contribution in [1.29, 1.82) is 0 Å². The van der Waals surface area contributed by atoms with Crippen LogP contribution in [0.5, 0.6) is 0 Å². The van der Waals surface area contributed by atoms with Crippen molar-refractivity contribution in [2.24, 2.45) is 74.4 Å². The summed E-state index contributed by atoms with van der Waals surface area (Å²) < 4.78 is 30.8. The topological polar surface area (TPSA) is 133 Å². The smallest absolute Gasteiger partial charge is 0.309 e. The molecule has 14 atom stereocenters. The summed E-state index contributed by atoms with van der Waals surface area (Å²) in [5, 5.41) is 24.8. The molecule has 0 amide bonds. The number of nitrogens with zero attached hydrogens (tertiary/aromatic N) is 1. The number of esters is 1. The van der Waals surface area contributed by atoms with Gasteiger partial charge in [-0.2, -0.15) is 0 Å². The third-order valence-electron chi connectivity index (χ3n) is 19.7. The number of nitrogens with one attached hydrogen (secondary N) is 1. The molecule has 1 saturated heterocycles. The van der Waals surface area contributed by atoms with Gasteiger partial charge >= 0.3 is 11.9 Å². The third kappa shape index (κ3) is 6.57. The number of fused-ring (bicyclic) bond motifs is 7. The lowest BCUT2D eigenvalue weighted by Crippen LogP contribution is -2.69. The van der Waals surface area contributed by atoms with Crippen LogP contribution in [0.3, 0.4) is 0 Å². The number of aliphatic hydroxyl groups is 1. The van der Waals surface area contributed by atoms with Crippen molar-refractivity contribution < 1.29 is 33.0 Å². The lowest BCUT2D eigenvalue weighted by atomic mass is 9.32. The molecule has 3 N–H and O–H groups in total. The molecule has 0 aromatic heterocycles. The van der Waals surface area contributed by atoms with Gasteiger partial charge in [-0.15, -0.1) is 0 Å². The Labute approximate surface area is 339 Å². The summed E-state index contributed by atoms with van der Waals surface area (Å²) in [5.74, 6) is 2.20. The van der Waals surface area contributed by atoms with Crippen LogP contribution in [-0.2, 0) is 24.2 Å². The number of carboxylic acid groups (broad SMARTS) is 1. The van der Waals surface area contributed by atoms with E-state index in [4.69, 9.17) is 4.74 Å². The fourth-order valence-electron chi connectivity index (χ4n) is 16.1. The highest BCUT2D eigenvalue weighted by molar-refractivity contribution is 7.91. The van der Waals surface area contributed by atoms with E-state index in [1.54, 1.807) is 0 Å². The number of hydrogen-bond acceptors (Lipinski definition) is 8. The van der Waals surface area contributed by atoms with Crippen LogP contribution < -0.4 is 5.32 Å². The Morgan fingerprint density at radius 2 is 1.48 bits per heavy atom. The van der Waals surface area contributed by atoms with Gasteiger partial charge in [0, 0.05) is 30.1 Å². The van der Waals surface area contributed by atoms with Crippen molar-refractivity contribution >= 4 is 21.8 Å². The second kappa shape index (κ2) is 14.5. The normalized spacial score (nSPS) is 46.3. The lowest BCUT2D eigenvalue weighted by molar-refractivity contribution is -0.249. The van der Waals surface area contributed by atoms with Crippen molar-refractivity contribution in [3.8, 4) is 0 Å². The molecule has 9 nitrogen and oxygen atoms in total. The molecule has 7 aliphatic rings. The molecular formula is C46H78N2O7S. The van der Waals surface area contributed by atoms with Gasteiger partial charge in [0.15, 0.2) is 9.84 Å². The fraction of sp³-hybridized carbons (Fsp3) is 0.957. The van der Waals surface area contributed by atoms with Crippen LogP contribution in [-0.4, -0.2) is 90.4 Å². The number of aliphatic hydroxyl groups excluding tert-OH is 1. The predicted octanol–water partition coefficient (Wildman–Crippen LogP) is 7.59. The molecule has 7 rings (SSSR count). The van der Waals surface area contributed by atoms with Crippen molar-refractivity contribution in [3.63, 3.8) is 0 Å². The summed E-state index contributed by atoms with van der Waals surface area (Å²) in [6.45, 7) is 25.2. The molecule has 0 unspecified atom stereocenters. The van der Waals surface area contributed by atoms with E-state index in [-0.39, 0.29) is 62.7 Å². The Kier molecular flexibility index (Phi) is 11.1. The molecular weight excluding hydrogens is 725 g/mol. The minimum atomic E-state index is -2.98. The van der Waals surface area contributed by atoms with Crippen LogP contribution in [0.15, 0.2) is 0 Å². The summed E-state index contributed by atoms with van der Waals surface area (Å²) in [6.07, 6.45) is 12.3. The maximum absolute atomic E-state index is 13.6. The van der Waals surface area contributed by atoms with E-state index in [2.05, 4.69) is 58.7 Å². The molecule has 0 aromatic carbocycles. The predicted molar refractivity (Wildman–Crippen MR) is 221 cm³/mol. The van der Waals surface area contributed by atoms with E-state index in [1.807, 2.05) is 20.8 Å². The molecule has 0 bridgehead atoms. The first-order valence-electron chi connectivity index (χ1n) is 22.8. The van der Waals surface area contributed by atoms with Gasteiger partial charge in [-0.25, -0.2) is 8.42 Å². The van der Waals surface area contributed by atoms with Gasteiger partial charge in [-0.1, -0.05) is 62.3 Å². The quantitative estimate of drug-likeness (QED) is 0.191. The summed E-state index contributed by atoms with van der Waals surface area (Å²) in [4.78, 5) is 27.7. The molecule has 0 aromatic rings. The average Bonchev–Trinajstić information content (AvgIpc) is 3.48. The Morgan fingerprint density at radius 3 is 2.09 bits per heavy atom. The van der Waals surface area contributed by atoms with E-state index in [9.17, 15) is 28.2 Å². The van der Waals surface area contributed by atoms with Gasteiger partial charge in [0.1, 0.15) is 6.10 Å². The zero-order valence-corrected chi connectivity index (χ0v) is 37.5. The largest absolute Gasteiger partial charge is 0.481 e. The zero-order chi connectivity index (χ0) is 41.0. The number of sulfone groups is 1. The molecule has 0 spiro atoms. The van der Waals surface area contributed by atoms with E-state index in [0.29, 0.717) is 55.0 Å². The second-order valence-corrected chi connectivity index (χ2v) is 25.1. The number of ether oxygens (including phenoxy) is 1. The van der Waals surface area contributed by atoms with Crippen LogP contribution in [0.1, 0.15) is 146 Å². The van der Waals surface area contributed by atoms with Crippen molar-refractivity contribution in [1.82, 2.24) is 10.2 Å². The Bertz CT molecular complexity index is 1610. The summed E-state index contributed by atoms with van der Waals surface area (Å²) in [7, 11) is -2.98. The number of rotatable bonds is 10. The first-order valence-corrected chi connectivity index (χ1v) is 24.6. The molecule has 6 aliphatic carbocycles. The third-order valence-corrected chi connectivity index (χ3v) is 21.3. The van der Waals surface area contributed by atoms with Gasteiger partial charge in [0.2, 0.25) is 0 Å². The summed E-state index contributed by atoms with van der Waals surface area (Å²) >= 11 is 0. The highest BCUT2D eigenvalue weighted by Crippen LogP contribution is 2.76. The highest BCUT2D eigenvalue weighted by atomic mass is 32.2. The second-order valence-electron chi connectivity index (χ2n) is 22.8. The zero-order valence-electron chi connectivity index (χ0n) is 36.7. The van der Waals surface area contributed by atoms with E-state index >= 15 is 0 Å². The molecule has 1 aliphatic heterocycles. The summed E-state index contributed by atoms with van der Waals surface area (Å²) in [6, 6.07) is -0.0357. The number of carbonyl (C=O) groups is 2. The maximum Gasteiger partial charge on any atom is 0.309 e. The first-order chi connectivity index (χ1) is 26.0. The van der Waals surface area contributed by atoms with Crippen molar-refractivity contribution in [2.75, 3.05) is 31.1 Å². The number of hydrogen-bond donors (Lipinski definition) is 3. The minimum Gasteiger partial charge on any atom is -0.481 e. The van der Waals surface area contributed by atoms with Crippen LogP contribution in [0, 0.1) is 74.4 Å². The molecule has 10 heteroatoms. The lowest BCUT2D eigenvalue weighted by Gasteiger charge is -2.73. The monoisotopic (exact) mass is 803 g/mol. The standard InChI is InChI=1S/C46H78N2O7S/c1-28(2)30-13-19-46(47-22-16-34(29(3)49)48-23-25-56(53,54)26-24-48)21-20-44(9)31(38(30)46)11-12-36-43(8)17-15-37(42(6,7)35(43)14-18-45(36,44)10)55-40(52)33-27-32(39(50)51)41(33,4)5/h28-38,47,49H,11-27H2,1-10H3,(H,50,51)/t29-,30+,31-,32-,33+,34-,35+,36-,37+,38-,43+,44-,45-,46+/m1/s1. The Balaban J connectivity index is 1.07. The van der Waals surface area contributed by atoms with Gasteiger partial charge in [-0.3, -0.25) is 14.5 Å². The van der Waals surface area contributed by atoms with E-state index in [0.717, 1.165) is 32.2 Å². The van der Waals surface area contributed by atoms with Crippen molar-refractivity contribution in [3.05, 3.63) is 0 Å². The van der Waals surface area contributed by atoms with E-state index < -0.39 is 33.2 Å². The number of aliphatic carboxylic acids is 1. The maximum atomic E-state index is 13.6. The highest BCUT2D eigenvalue weighted by Gasteiger charge is 2.71. The van der Waals surface area contributed by atoms with Gasteiger partial charge < -0.3 is 20.3 Å². The summed E-state index contributed by atoms with van der Waals surface area (Å²) in [5.41, 5.74) is 0.00279. The number of carbonyl (C=O) groups excluding carboxylic acids is 1. The van der Waals surface area contributed by atoms with Gasteiger partial charge in [-0.05, 0) is 148 Å². The first kappa shape index (κ1) is 42.9. The number of carboxylic acids is 1. The molecule has 0 radical (unpaired) electrons. The fourth-order valence-corrected chi connectivity index (χ4v) is 17.3. The van der Waals surface area contributed by atoms with Crippen LogP contribution >= 0.6 is 0 Å².